The summed E-state index contributed by atoms with van der Waals surface area (Å²) in [5.41, 5.74) is 4.31. The summed E-state index contributed by atoms with van der Waals surface area (Å²) in [6.07, 6.45) is 2.41. The Morgan fingerprint density at radius 2 is 2.06 bits per heavy atom. The van der Waals surface area contributed by atoms with Crippen LogP contribution >= 0.6 is 11.3 Å². The summed E-state index contributed by atoms with van der Waals surface area (Å²) in [5, 5.41) is 3.34. The van der Waals surface area contributed by atoms with Crippen molar-refractivity contribution in [3.05, 3.63) is 28.6 Å². The molecule has 1 unspecified atom stereocenters. The van der Waals surface area contributed by atoms with Crippen LogP contribution in [0.4, 0.5) is 5.13 Å². The van der Waals surface area contributed by atoms with Gasteiger partial charge in [-0.1, -0.05) is 11.3 Å². The van der Waals surface area contributed by atoms with Crippen LogP contribution in [0.2, 0.25) is 0 Å². The first kappa shape index (κ1) is 21.5. The van der Waals surface area contributed by atoms with Crippen LogP contribution in [0.25, 0.3) is 10.6 Å². The molecule has 1 saturated heterocycles. The van der Waals surface area contributed by atoms with Gasteiger partial charge in [0, 0.05) is 39.1 Å². The highest BCUT2D eigenvalue weighted by Gasteiger charge is 2.40. The molecule has 2 aromatic rings. The number of ether oxygens (including phenoxy) is 1. The molecule has 170 valence electrons. The number of hydrogen-bond acceptors (Lipinski definition) is 7. The highest BCUT2D eigenvalue weighted by Crippen LogP contribution is 2.40. The summed E-state index contributed by atoms with van der Waals surface area (Å²) < 4.78 is 5.50. The molecule has 32 heavy (non-hydrogen) atoms. The van der Waals surface area contributed by atoms with Crippen LogP contribution < -0.4 is 5.32 Å². The Labute approximate surface area is 192 Å². The Morgan fingerprint density at radius 3 is 2.75 bits per heavy atom. The molecule has 4 heterocycles. The lowest BCUT2D eigenvalue weighted by molar-refractivity contribution is -0.114. The smallest absolute Gasteiger partial charge is 0.256 e. The quantitative estimate of drug-likeness (QED) is 0.720. The van der Waals surface area contributed by atoms with Gasteiger partial charge in [-0.2, -0.15) is 0 Å². The molecule has 3 aliphatic rings. The summed E-state index contributed by atoms with van der Waals surface area (Å²) in [5.74, 6) is 0.588. The van der Waals surface area contributed by atoms with Gasteiger partial charge in [0.2, 0.25) is 5.91 Å². The van der Waals surface area contributed by atoms with E-state index >= 15 is 0 Å². The molecule has 1 atom stereocenters. The first-order valence-corrected chi connectivity index (χ1v) is 12.1. The van der Waals surface area contributed by atoms with Gasteiger partial charge >= 0.3 is 0 Å². The van der Waals surface area contributed by atoms with Crippen molar-refractivity contribution in [1.29, 1.82) is 0 Å². The lowest BCUT2D eigenvalue weighted by atomic mass is 10.1. The van der Waals surface area contributed by atoms with Crippen molar-refractivity contribution >= 4 is 28.3 Å². The molecule has 8 nitrogen and oxygen atoms in total. The number of nitrogens with zero attached hydrogens (tertiary/aromatic N) is 4. The molecule has 1 aliphatic carbocycles. The van der Waals surface area contributed by atoms with Crippen molar-refractivity contribution in [2.24, 2.45) is 5.92 Å². The van der Waals surface area contributed by atoms with Crippen molar-refractivity contribution < 1.29 is 14.3 Å². The Bertz CT molecular complexity index is 1060. The van der Waals surface area contributed by atoms with Crippen LogP contribution in [0.1, 0.15) is 54.0 Å². The standard InChI is InChI=1S/C23H29N5O3S/c1-13-21(32-23(24-13)25-15(3)29)18-10-17-11-28(14(2)16-4-5-16)22(30)20(17)19(26-18)12-27-6-8-31-9-7-27/h10,14,16H,4-9,11-12H2,1-3H3,(H,24,25,29). The normalized spacial score (nSPS) is 19.8. The molecule has 2 aliphatic heterocycles. The number of carbonyl (C=O) groups excluding carboxylic acids is 2. The number of thiazole rings is 1. The zero-order valence-electron chi connectivity index (χ0n) is 18.8. The van der Waals surface area contributed by atoms with Gasteiger partial charge in [0.25, 0.3) is 5.91 Å². The second-order valence-corrected chi connectivity index (χ2v) is 10.0. The number of aryl methyl sites for hydroxylation is 1. The highest BCUT2D eigenvalue weighted by atomic mass is 32.1. The monoisotopic (exact) mass is 455 g/mol. The molecule has 1 N–H and O–H groups in total. The minimum Gasteiger partial charge on any atom is -0.379 e. The molecule has 5 rings (SSSR count). The zero-order chi connectivity index (χ0) is 22.4. The summed E-state index contributed by atoms with van der Waals surface area (Å²) in [7, 11) is 0. The van der Waals surface area contributed by atoms with E-state index < -0.39 is 0 Å². The first-order chi connectivity index (χ1) is 15.4. The molecule has 0 spiro atoms. The third-order valence-corrected chi connectivity index (χ3v) is 7.67. The molecule has 2 amide bonds. The lowest BCUT2D eigenvalue weighted by Gasteiger charge is -2.27. The number of rotatable bonds is 6. The zero-order valence-corrected chi connectivity index (χ0v) is 19.6. The second-order valence-electron chi connectivity index (χ2n) is 9.00. The molecular weight excluding hydrogens is 426 g/mol. The van der Waals surface area contributed by atoms with E-state index in [1.807, 2.05) is 17.9 Å². The van der Waals surface area contributed by atoms with Gasteiger partial charge in [-0.3, -0.25) is 14.5 Å². The van der Waals surface area contributed by atoms with Gasteiger partial charge in [-0.25, -0.2) is 9.97 Å². The van der Waals surface area contributed by atoms with Crippen LogP contribution in [0.5, 0.6) is 0 Å². The van der Waals surface area contributed by atoms with Crippen LogP contribution in [0, 0.1) is 12.8 Å². The predicted molar refractivity (Wildman–Crippen MR) is 123 cm³/mol. The number of hydrogen-bond donors (Lipinski definition) is 1. The molecule has 2 aromatic heterocycles. The van der Waals surface area contributed by atoms with E-state index in [-0.39, 0.29) is 17.9 Å². The van der Waals surface area contributed by atoms with Crippen molar-refractivity contribution in [3.8, 4) is 10.6 Å². The van der Waals surface area contributed by atoms with Crippen molar-refractivity contribution in [3.63, 3.8) is 0 Å². The van der Waals surface area contributed by atoms with Crippen molar-refractivity contribution in [2.45, 2.75) is 52.7 Å². The lowest BCUT2D eigenvalue weighted by Crippen LogP contribution is -2.37. The summed E-state index contributed by atoms with van der Waals surface area (Å²) in [6.45, 7) is 9.92. The summed E-state index contributed by atoms with van der Waals surface area (Å²) >= 11 is 1.43. The SMILES string of the molecule is CC(=O)Nc1nc(C)c(-c2cc3c(c(CN4CCOCC4)n2)C(=O)N(C(C)C2CC2)C3)s1. The van der Waals surface area contributed by atoms with E-state index in [1.165, 1.54) is 31.1 Å². The minimum absolute atomic E-state index is 0.113. The average molecular weight is 456 g/mol. The maximum Gasteiger partial charge on any atom is 0.256 e. The van der Waals surface area contributed by atoms with Crippen molar-refractivity contribution in [1.82, 2.24) is 19.8 Å². The highest BCUT2D eigenvalue weighted by molar-refractivity contribution is 7.19. The molecule has 0 bridgehead atoms. The number of aromatic nitrogens is 2. The topological polar surface area (TPSA) is 87.7 Å². The van der Waals surface area contributed by atoms with E-state index in [9.17, 15) is 9.59 Å². The van der Waals surface area contributed by atoms with E-state index in [2.05, 4.69) is 22.1 Å². The van der Waals surface area contributed by atoms with Gasteiger partial charge in [0.15, 0.2) is 5.13 Å². The third kappa shape index (κ3) is 4.16. The van der Waals surface area contributed by atoms with Gasteiger partial charge in [-0.05, 0) is 44.2 Å². The Hall–Kier alpha value is -2.36. The maximum atomic E-state index is 13.5. The number of morpholine rings is 1. The molecule has 0 radical (unpaired) electrons. The van der Waals surface area contributed by atoms with Crippen LogP contribution in [0.15, 0.2) is 6.07 Å². The van der Waals surface area contributed by atoms with E-state index in [4.69, 9.17) is 9.72 Å². The van der Waals surface area contributed by atoms with Gasteiger partial charge in [-0.15, -0.1) is 0 Å². The fraction of sp³-hybridized carbons (Fsp3) is 0.565. The molecule has 0 aromatic carbocycles. The Balaban J connectivity index is 1.53. The fourth-order valence-corrected chi connectivity index (χ4v) is 5.62. The van der Waals surface area contributed by atoms with E-state index in [0.29, 0.717) is 37.4 Å². The van der Waals surface area contributed by atoms with Crippen LogP contribution in [0.3, 0.4) is 0 Å². The van der Waals surface area contributed by atoms with Crippen molar-refractivity contribution in [2.75, 3.05) is 31.6 Å². The number of carbonyl (C=O) groups is 2. The molecule has 9 heteroatoms. The Kier molecular flexibility index (Phi) is 5.73. The number of fused-ring (bicyclic) bond motifs is 1. The van der Waals surface area contributed by atoms with Gasteiger partial charge in [0.05, 0.1) is 40.7 Å². The molecular formula is C23H29N5O3S. The summed E-state index contributed by atoms with van der Waals surface area (Å²) in [4.78, 5) is 39.7. The van der Waals surface area contributed by atoms with Crippen LogP contribution in [-0.2, 0) is 22.6 Å². The van der Waals surface area contributed by atoms with E-state index in [0.717, 1.165) is 46.2 Å². The third-order valence-electron chi connectivity index (χ3n) is 6.58. The summed E-state index contributed by atoms with van der Waals surface area (Å²) in [6, 6.07) is 2.30. The number of amides is 2. The van der Waals surface area contributed by atoms with Crippen LogP contribution in [-0.4, -0.2) is 63.9 Å². The average Bonchev–Trinajstić information content (AvgIpc) is 3.47. The number of pyridine rings is 1. The number of anilines is 1. The van der Waals surface area contributed by atoms with Gasteiger partial charge < -0.3 is 15.0 Å². The predicted octanol–water partition coefficient (Wildman–Crippen LogP) is 3.06. The fourth-order valence-electron chi connectivity index (χ4n) is 4.64. The largest absolute Gasteiger partial charge is 0.379 e. The minimum atomic E-state index is -0.143. The Morgan fingerprint density at radius 1 is 1.31 bits per heavy atom. The van der Waals surface area contributed by atoms with Gasteiger partial charge in [0.1, 0.15) is 0 Å². The molecule has 1 saturated carbocycles. The van der Waals surface area contributed by atoms with E-state index in [1.54, 1.807) is 0 Å². The second kappa shape index (κ2) is 8.53. The molecule has 2 fully saturated rings. The first-order valence-electron chi connectivity index (χ1n) is 11.3. The number of nitrogens with one attached hydrogen (secondary N) is 1. The maximum absolute atomic E-state index is 13.5.